The number of nitrogens with one attached hydrogen (secondary N) is 2. The van der Waals surface area contributed by atoms with Crippen molar-refractivity contribution in [2.45, 2.75) is 13.5 Å². The summed E-state index contributed by atoms with van der Waals surface area (Å²) in [6.45, 7) is 2.80. The van der Waals surface area contributed by atoms with Crippen molar-refractivity contribution >= 4 is 50.8 Å². The molecular formula is C16H14ClIN2. The van der Waals surface area contributed by atoms with Crippen LogP contribution in [-0.2, 0) is 6.54 Å². The van der Waals surface area contributed by atoms with Crippen LogP contribution in [0.2, 0.25) is 5.02 Å². The standard InChI is InChI=1S/C16H14ClIN2/c1-10-8-11(18)6-7-13(10)19-9-15-16(17)12-4-2-3-5-14(12)20-15/h2-8,19-20H,9H2,1H3. The van der Waals surface area contributed by atoms with Gasteiger partial charge in [-0.2, -0.15) is 0 Å². The van der Waals surface area contributed by atoms with Crippen LogP contribution in [0.4, 0.5) is 5.69 Å². The van der Waals surface area contributed by atoms with Gasteiger partial charge < -0.3 is 10.3 Å². The molecule has 2 N–H and O–H groups in total. The molecule has 0 aliphatic heterocycles. The van der Waals surface area contributed by atoms with E-state index in [9.17, 15) is 0 Å². The Bertz CT molecular complexity index is 764. The molecule has 20 heavy (non-hydrogen) atoms. The molecule has 0 aliphatic carbocycles. The highest BCUT2D eigenvalue weighted by atomic mass is 127. The number of H-pyrrole nitrogens is 1. The zero-order chi connectivity index (χ0) is 14.1. The summed E-state index contributed by atoms with van der Waals surface area (Å²) in [6.07, 6.45) is 0. The largest absolute Gasteiger partial charge is 0.379 e. The summed E-state index contributed by atoms with van der Waals surface area (Å²) in [6, 6.07) is 14.5. The topological polar surface area (TPSA) is 27.8 Å². The highest BCUT2D eigenvalue weighted by Crippen LogP contribution is 2.28. The van der Waals surface area contributed by atoms with Crippen LogP contribution in [0.1, 0.15) is 11.3 Å². The Labute approximate surface area is 136 Å². The second-order valence-electron chi connectivity index (χ2n) is 4.78. The normalized spacial score (nSPS) is 10.9. The Balaban J connectivity index is 1.85. The summed E-state index contributed by atoms with van der Waals surface area (Å²) >= 11 is 8.74. The van der Waals surface area contributed by atoms with Gasteiger partial charge in [0.15, 0.2) is 0 Å². The van der Waals surface area contributed by atoms with Crippen molar-refractivity contribution in [3.63, 3.8) is 0 Å². The first-order valence-corrected chi connectivity index (χ1v) is 7.86. The Morgan fingerprint density at radius 2 is 2.00 bits per heavy atom. The van der Waals surface area contributed by atoms with Crippen molar-refractivity contribution in [2.75, 3.05) is 5.32 Å². The Hall–Kier alpha value is -1.20. The molecule has 2 aromatic carbocycles. The number of para-hydroxylation sites is 1. The van der Waals surface area contributed by atoms with E-state index in [1.165, 1.54) is 9.13 Å². The molecule has 4 heteroatoms. The number of rotatable bonds is 3. The van der Waals surface area contributed by atoms with E-state index in [4.69, 9.17) is 11.6 Å². The number of fused-ring (bicyclic) bond motifs is 1. The minimum absolute atomic E-state index is 0.689. The number of benzene rings is 2. The highest BCUT2D eigenvalue weighted by molar-refractivity contribution is 14.1. The SMILES string of the molecule is Cc1cc(I)ccc1NCc1[nH]c2ccccc2c1Cl. The van der Waals surface area contributed by atoms with E-state index < -0.39 is 0 Å². The molecule has 0 aliphatic rings. The van der Waals surface area contributed by atoms with Crippen molar-refractivity contribution in [2.24, 2.45) is 0 Å². The van der Waals surface area contributed by atoms with Gasteiger partial charge in [0.05, 0.1) is 17.3 Å². The zero-order valence-corrected chi connectivity index (χ0v) is 13.9. The van der Waals surface area contributed by atoms with Gasteiger partial charge in [0.1, 0.15) is 0 Å². The Morgan fingerprint density at radius 1 is 1.20 bits per heavy atom. The van der Waals surface area contributed by atoms with E-state index in [1.807, 2.05) is 24.3 Å². The first-order valence-electron chi connectivity index (χ1n) is 6.40. The maximum atomic E-state index is 6.42. The predicted molar refractivity (Wildman–Crippen MR) is 94.5 cm³/mol. The van der Waals surface area contributed by atoms with E-state index in [2.05, 4.69) is 58.0 Å². The van der Waals surface area contributed by atoms with Gasteiger partial charge in [-0.1, -0.05) is 29.8 Å². The van der Waals surface area contributed by atoms with Gasteiger partial charge in [0, 0.05) is 20.2 Å². The molecule has 0 radical (unpaired) electrons. The number of aromatic amines is 1. The molecule has 0 unspecified atom stereocenters. The van der Waals surface area contributed by atoms with Crippen LogP contribution in [0.5, 0.6) is 0 Å². The first kappa shape index (κ1) is 13.8. The van der Waals surface area contributed by atoms with E-state index in [0.29, 0.717) is 6.54 Å². The number of hydrogen-bond donors (Lipinski definition) is 2. The van der Waals surface area contributed by atoms with Gasteiger partial charge in [-0.15, -0.1) is 0 Å². The lowest BCUT2D eigenvalue weighted by Crippen LogP contribution is -2.01. The van der Waals surface area contributed by atoms with Gasteiger partial charge in [-0.3, -0.25) is 0 Å². The van der Waals surface area contributed by atoms with Crippen molar-refractivity contribution in [3.8, 4) is 0 Å². The fraction of sp³-hybridized carbons (Fsp3) is 0.125. The van der Waals surface area contributed by atoms with E-state index in [1.54, 1.807) is 0 Å². The van der Waals surface area contributed by atoms with Crippen LogP contribution in [0.15, 0.2) is 42.5 Å². The van der Waals surface area contributed by atoms with Crippen molar-refractivity contribution in [1.29, 1.82) is 0 Å². The molecular weight excluding hydrogens is 383 g/mol. The van der Waals surface area contributed by atoms with Crippen LogP contribution >= 0.6 is 34.2 Å². The summed E-state index contributed by atoms with van der Waals surface area (Å²) in [5.41, 5.74) is 4.48. The molecule has 0 bridgehead atoms. The summed E-state index contributed by atoms with van der Waals surface area (Å²) < 4.78 is 1.24. The molecule has 0 atom stereocenters. The second-order valence-corrected chi connectivity index (χ2v) is 6.40. The van der Waals surface area contributed by atoms with Gasteiger partial charge in [-0.25, -0.2) is 0 Å². The maximum absolute atomic E-state index is 6.42. The zero-order valence-electron chi connectivity index (χ0n) is 11.0. The van der Waals surface area contributed by atoms with Crippen LogP contribution in [0.25, 0.3) is 10.9 Å². The molecule has 2 nitrogen and oxygen atoms in total. The fourth-order valence-corrected chi connectivity index (χ4v) is 3.22. The predicted octanol–water partition coefficient (Wildman–Crippen LogP) is 5.35. The molecule has 1 heterocycles. The number of aryl methyl sites for hydroxylation is 1. The number of hydrogen-bond acceptors (Lipinski definition) is 1. The Kier molecular flexibility index (Phi) is 3.89. The third-order valence-corrected chi connectivity index (χ3v) is 4.46. The third kappa shape index (κ3) is 2.65. The summed E-state index contributed by atoms with van der Waals surface area (Å²) in [7, 11) is 0. The molecule has 0 spiro atoms. The highest BCUT2D eigenvalue weighted by Gasteiger charge is 2.09. The maximum Gasteiger partial charge on any atom is 0.0710 e. The Morgan fingerprint density at radius 3 is 2.75 bits per heavy atom. The summed E-state index contributed by atoms with van der Waals surface area (Å²) in [5, 5.41) is 5.32. The van der Waals surface area contributed by atoms with Crippen molar-refractivity contribution in [3.05, 3.63) is 62.3 Å². The number of halogens is 2. The van der Waals surface area contributed by atoms with Crippen LogP contribution in [-0.4, -0.2) is 4.98 Å². The number of anilines is 1. The first-order chi connectivity index (χ1) is 9.65. The molecule has 0 amide bonds. The quantitative estimate of drug-likeness (QED) is 0.574. The molecule has 3 aromatic rings. The molecule has 0 saturated carbocycles. The number of aromatic nitrogens is 1. The molecule has 3 rings (SSSR count). The van der Waals surface area contributed by atoms with Crippen LogP contribution < -0.4 is 5.32 Å². The summed E-state index contributed by atoms with van der Waals surface area (Å²) in [5.74, 6) is 0. The van der Waals surface area contributed by atoms with E-state index in [0.717, 1.165) is 27.3 Å². The van der Waals surface area contributed by atoms with Crippen molar-refractivity contribution in [1.82, 2.24) is 4.98 Å². The molecule has 102 valence electrons. The molecule has 0 fully saturated rings. The monoisotopic (exact) mass is 396 g/mol. The van der Waals surface area contributed by atoms with Gasteiger partial charge in [-0.05, 0) is 59.3 Å². The van der Waals surface area contributed by atoms with Gasteiger partial charge in [0.2, 0.25) is 0 Å². The second kappa shape index (κ2) is 5.66. The summed E-state index contributed by atoms with van der Waals surface area (Å²) in [4.78, 5) is 3.37. The lowest BCUT2D eigenvalue weighted by molar-refractivity contribution is 1.08. The average molecular weight is 397 g/mol. The molecule has 1 aromatic heterocycles. The van der Waals surface area contributed by atoms with Gasteiger partial charge in [0.25, 0.3) is 0 Å². The lowest BCUT2D eigenvalue weighted by Gasteiger charge is -2.09. The van der Waals surface area contributed by atoms with Gasteiger partial charge >= 0.3 is 0 Å². The smallest absolute Gasteiger partial charge is 0.0710 e. The van der Waals surface area contributed by atoms with E-state index in [-0.39, 0.29) is 0 Å². The molecule has 0 saturated heterocycles. The minimum Gasteiger partial charge on any atom is -0.379 e. The minimum atomic E-state index is 0.689. The van der Waals surface area contributed by atoms with Crippen molar-refractivity contribution < 1.29 is 0 Å². The third-order valence-electron chi connectivity index (χ3n) is 3.36. The van der Waals surface area contributed by atoms with E-state index >= 15 is 0 Å². The average Bonchev–Trinajstić information content (AvgIpc) is 2.75. The fourth-order valence-electron chi connectivity index (χ4n) is 2.29. The van der Waals surface area contributed by atoms with Crippen LogP contribution in [0, 0.1) is 10.5 Å². The van der Waals surface area contributed by atoms with Crippen LogP contribution in [0.3, 0.4) is 0 Å². The lowest BCUT2D eigenvalue weighted by atomic mass is 10.2.